The number of sulfone groups is 1. The van der Waals surface area contributed by atoms with Crippen molar-refractivity contribution >= 4 is 15.8 Å². The molecule has 1 unspecified atom stereocenters. The SMILES string of the molecule is CCS(=O)(=O)CCCC(C(=O)O)c1ccccc1. The van der Waals surface area contributed by atoms with Gasteiger partial charge in [0, 0.05) is 5.75 Å². The third-order valence-corrected chi connectivity index (χ3v) is 4.68. The maximum absolute atomic E-state index is 11.3. The summed E-state index contributed by atoms with van der Waals surface area (Å²) >= 11 is 0. The first kappa shape index (κ1) is 14.7. The first-order valence-corrected chi connectivity index (χ1v) is 7.76. The summed E-state index contributed by atoms with van der Waals surface area (Å²) in [5, 5.41) is 9.16. The maximum Gasteiger partial charge on any atom is 0.310 e. The second-order valence-corrected chi connectivity index (χ2v) is 6.65. The van der Waals surface area contributed by atoms with Gasteiger partial charge in [-0.3, -0.25) is 4.79 Å². The number of rotatable bonds is 7. The zero-order valence-electron chi connectivity index (χ0n) is 10.4. The summed E-state index contributed by atoms with van der Waals surface area (Å²) < 4.78 is 22.7. The van der Waals surface area contributed by atoms with E-state index in [9.17, 15) is 13.2 Å². The number of carbonyl (C=O) groups is 1. The van der Waals surface area contributed by atoms with Gasteiger partial charge in [0.2, 0.25) is 0 Å². The van der Waals surface area contributed by atoms with Crippen LogP contribution in [-0.2, 0) is 14.6 Å². The monoisotopic (exact) mass is 270 g/mol. The summed E-state index contributed by atoms with van der Waals surface area (Å²) in [5.41, 5.74) is 0.721. The van der Waals surface area contributed by atoms with Crippen molar-refractivity contribution in [2.24, 2.45) is 0 Å². The van der Waals surface area contributed by atoms with Crippen LogP contribution < -0.4 is 0 Å². The van der Waals surface area contributed by atoms with Crippen molar-refractivity contribution in [2.45, 2.75) is 25.7 Å². The molecule has 0 aliphatic heterocycles. The van der Waals surface area contributed by atoms with Crippen molar-refractivity contribution in [3.05, 3.63) is 35.9 Å². The van der Waals surface area contributed by atoms with Crippen molar-refractivity contribution in [1.29, 1.82) is 0 Å². The molecule has 5 heteroatoms. The van der Waals surface area contributed by atoms with Crippen LogP contribution >= 0.6 is 0 Å². The highest BCUT2D eigenvalue weighted by Crippen LogP contribution is 2.21. The van der Waals surface area contributed by atoms with E-state index in [2.05, 4.69) is 0 Å². The van der Waals surface area contributed by atoms with E-state index in [4.69, 9.17) is 5.11 Å². The minimum absolute atomic E-state index is 0.0557. The van der Waals surface area contributed by atoms with Crippen molar-refractivity contribution in [3.8, 4) is 0 Å². The minimum atomic E-state index is -3.02. The molecular formula is C13H18O4S. The number of hydrogen-bond donors (Lipinski definition) is 1. The molecule has 0 heterocycles. The molecule has 0 saturated carbocycles. The third-order valence-electron chi connectivity index (χ3n) is 2.89. The van der Waals surface area contributed by atoms with Gasteiger partial charge < -0.3 is 5.11 Å². The van der Waals surface area contributed by atoms with E-state index in [1.807, 2.05) is 6.07 Å². The van der Waals surface area contributed by atoms with Gasteiger partial charge in [-0.25, -0.2) is 8.42 Å². The summed E-state index contributed by atoms with van der Waals surface area (Å²) in [7, 11) is -3.02. The zero-order valence-corrected chi connectivity index (χ0v) is 11.2. The molecule has 1 aromatic carbocycles. The van der Waals surface area contributed by atoms with Crippen LogP contribution in [0.1, 0.15) is 31.2 Å². The van der Waals surface area contributed by atoms with E-state index < -0.39 is 21.7 Å². The van der Waals surface area contributed by atoms with Gasteiger partial charge in [0.15, 0.2) is 0 Å². The lowest BCUT2D eigenvalue weighted by Gasteiger charge is -2.12. The number of aliphatic carboxylic acids is 1. The Morgan fingerprint density at radius 1 is 1.28 bits per heavy atom. The molecule has 1 N–H and O–H groups in total. The van der Waals surface area contributed by atoms with Gasteiger partial charge in [0.1, 0.15) is 9.84 Å². The summed E-state index contributed by atoms with van der Waals surface area (Å²) in [6, 6.07) is 8.91. The van der Waals surface area contributed by atoms with Gasteiger partial charge in [-0.05, 0) is 18.4 Å². The Labute approximate surface area is 108 Å². The van der Waals surface area contributed by atoms with E-state index in [0.717, 1.165) is 5.56 Å². The second-order valence-electron chi connectivity index (χ2n) is 4.18. The van der Waals surface area contributed by atoms with Gasteiger partial charge in [-0.2, -0.15) is 0 Å². The Morgan fingerprint density at radius 3 is 2.39 bits per heavy atom. The molecule has 0 spiro atoms. The Balaban J connectivity index is 2.64. The Morgan fingerprint density at radius 2 is 1.89 bits per heavy atom. The highest BCUT2D eigenvalue weighted by Gasteiger charge is 2.20. The van der Waals surface area contributed by atoms with Crippen LogP contribution in [0.5, 0.6) is 0 Å². The quantitative estimate of drug-likeness (QED) is 0.823. The number of hydrogen-bond acceptors (Lipinski definition) is 3. The van der Waals surface area contributed by atoms with Crippen molar-refractivity contribution in [1.82, 2.24) is 0 Å². The van der Waals surface area contributed by atoms with Crippen molar-refractivity contribution in [2.75, 3.05) is 11.5 Å². The first-order chi connectivity index (χ1) is 8.46. The lowest BCUT2D eigenvalue weighted by Crippen LogP contribution is -2.15. The molecule has 0 bridgehead atoms. The minimum Gasteiger partial charge on any atom is -0.481 e. The van der Waals surface area contributed by atoms with Gasteiger partial charge >= 0.3 is 5.97 Å². The standard InChI is InChI=1S/C13H18O4S/c1-2-18(16,17)10-6-9-12(13(14)15)11-7-4-3-5-8-11/h3-5,7-8,12H,2,6,9-10H2,1H3,(H,14,15). The van der Waals surface area contributed by atoms with E-state index in [1.165, 1.54) is 0 Å². The smallest absolute Gasteiger partial charge is 0.310 e. The fourth-order valence-electron chi connectivity index (χ4n) is 1.77. The molecule has 100 valence electrons. The van der Waals surface area contributed by atoms with Crippen molar-refractivity contribution < 1.29 is 18.3 Å². The summed E-state index contributed by atoms with van der Waals surface area (Å²) in [6.45, 7) is 1.60. The van der Waals surface area contributed by atoms with Crippen LogP contribution in [0.25, 0.3) is 0 Å². The number of benzene rings is 1. The summed E-state index contributed by atoms with van der Waals surface area (Å²) in [5.74, 6) is -1.37. The van der Waals surface area contributed by atoms with Crippen LogP contribution in [0.15, 0.2) is 30.3 Å². The second kappa shape index (κ2) is 6.54. The normalized spacial score (nSPS) is 13.2. The molecule has 0 amide bonds. The summed E-state index contributed by atoms with van der Waals surface area (Å²) in [4.78, 5) is 11.2. The van der Waals surface area contributed by atoms with E-state index in [-0.39, 0.29) is 11.5 Å². The Hall–Kier alpha value is -1.36. The fourth-order valence-corrected chi connectivity index (χ4v) is 2.66. The molecular weight excluding hydrogens is 252 g/mol. The topological polar surface area (TPSA) is 71.4 Å². The maximum atomic E-state index is 11.3. The van der Waals surface area contributed by atoms with E-state index in [0.29, 0.717) is 12.8 Å². The van der Waals surface area contributed by atoms with Gasteiger partial charge in [-0.15, -0.1) is 0 Å². The number of carboxylic acid groups (broad SMARTS) is 1. The van der Waals surface area contributed by atoms with Crippen LogP contribution in [0.2, 0.25) is 0 Å². The molecule has 0 radical (unpaired) electrons. The molecule has 18 heavy (non-hydrogen) atoms. The largest absolute Gasteiger partial charge is 0.481 e. The van der Waals surface area contributed by atoms with Crippen LogP contribution in [0, 0.1) is 0 Å². The lowest BCUT2D eigenvalue weighted by atomic mass is 9.95. The average molecular weight is 270 g/mol. The predicted octanol–water partition coefficient (Wildman–Crippen LogP) is 2.07. The lowest BCUT2D eigenvalue weighted by molar-refractivity contribution is -0.139. The molecule has 1 atom stereocenters. The molecule has 0 saturated heterocycles. The molecule has 0 aromatic heterocycles. The van der Waals surface area contributed by atoms with Gasteiger partial charge in [0.25, 0.3) is 0 Å². The Bertz CT molecular complexity index is 479. The van der Waals surface area contributed by atoms with E-state index >= 15 is 0 Å². The van der Waals surface area contributed by atoms with E-state index in [1.54, 1.807) is 31.2 Å². The van der Waals surface area contributed by atoms with Crippen LogP contribution in [-0.4, -0.2) is 31.0 Å². The van der Waals surface area contributed by atoms with Crippen molar-refractivity contribution in [3.63, 3.8) is 0 Å². The van der Waals surface area contributed by atoms with Gasteiger partial charge in [-0.1, -0.05) is 37.3 Å². The predicted molar refractivity (Wildman–Crippen MR) is 70.4 cm³/mol. The van der Waals surface area contributed by atoms with Crippen LogP contribution in [0.4, 0.5) is 0 Å². The molecule has 0 fully saturated rings. The number of carboxylic acids is 1. The fraction of sp³-hybridized carbons (Fsp3) is 0.462. The molecule has 1 rings (SSSR count). The average Bonchev–Trinajstić information content (AvgIpc) is 2.35. The summed E-state index contributed by atoms with van der Waals surface area (Å²) in [6.07, 6.45) is 0.723. The highest BCUT2D eigenvalue weighted by atomic mass is 32.2. The highest BCUT2D eigenvalue weighted by molar-refractivity contribution is 7.91. The zero-order chi connectivity index (χ0) is 13.6. The van der Waals surface area contributed by atoms with Crippen LogP contribution in [0.3, 0.4) is 0 Å². The third kappa shape index (κ3) is 4.49. The molecule has 1 aromatic rings. The van der Waals surface area contributed by atoms with Gasteiger partial charge in [0.05, 0.1) is 11.7 Å². The first-order valence-electron chi connectivity index (χ1n) is 5.94. The Kier molecular flexibility index (Phi) is 5.34. The molecule has 0 aliphatic rings. The molecule has 4 nitrogen and oxygen atoms in total. The molecule has 0 aliphatic carbocycles.